The fourth-order valence-electron chi connectivity index (χ4n) is 3.91. The van der Waals surface area contributed by atoms with Crippen molar-refractivity contribution >= 4 is 29.7 Å². The highest BCUT2D eigenvalue weighted by Crippen LogP contribution is 2.27. The molecule has 2 saturated heterocycles. The maximum atomic E-state index is 12.8. The zero-order valence-electron chi connectivity index (χ0n) is 14.1. The van der Waals surface area contributed by atoms with E-state index in [0.717, 1.165) is 24.2 Å². The number of nitrogens with one attached hydrogen (secondary N) is 3. The van der Waals surface area contributed by atoms with Crippen LogP contribution < -0.4 is 16.0 Å². The lowest BCUT2D eigenvalue weighted by Crippen LogP contribution is -2.48. The van der Waals surface area contributed by atoms with E-state index in [1.54, 1.807) is 0 Å². The number of carbonyl (C=O) groups excluding carboxylic acids is 1. The van der Waals surface area contributed by atoms with E-state index < -0.39 is 0 Å². The molecule has 1 amide bonds. The number of fused-ring (bicyclic) bond motifs is 2. The van der Waals surface area contributed by atoms with Gasteiger partial charge < -0.3 is 16.0 Å². The summed E-state index contributed by atoms with van der Waals surface area (Å²) in [6.45, 7) is 0. The molecule has 0 spiro atoms. The molecule has 2 heterocycles. The van der Waals surface area contributed by atoms with Crippen molar-refractivity contribution in [3.05, 3.63) is 60.2 Å². The van der Waals surface area contributed by atoms with Crippen LogP contribution in [0.3, 0.4) is 0 Å². The second-order valence-electron chi connectivity index (χ2n) is 6.82. The van der Waals surface area contributed by atoms with Crippen molar-refractivity contribution in [1.82, 2.24) is 10.6 Å². The van der Waals surface area contributed by atoms with Crippen LogP contribution >= 0.6 is 12.4 Å². The lowest BCUT2D eigenvalue weighted by molar-refractivity contribution is 0.0925. The highest BCUT2D eigenvalue weighted by molar-refractivity contribution is 6.00. The molecule has 4 rings (SSSR count). The van der Waals surface area contributed by atoms with Crippen molar-refractivity contribution in [2.45, 2.75) is 43.8 Å². The fraction of sp³-hybridized carbons (Fsp3) is 0.350. The van der Waals surface area contributed by atoms with Gasteiger partial charge in [-0.25, -0.2) is 0 Å². The molecule has 0 radical (unpaired) electrons. The Balaban J connectivity index is 0.00000182. The average Bonchev–Trinajstić information content (AvgIpc) is 2.95. The molecule has 2 fully saturated rings. The fourth-order valence-corrected chi connectivity index (χ4v) is 3.91. The van der Waals surface area contributed by atoms with Crippen LogP contribution in [0.4, 0.5) is 11.4 Å². The molecule has 2 unspecified atom stereocenters. The normalized spacial score (nSPS) is 24.2. The highest BCUT2D eigenvalue weighted by atomic mass is 35.5. The minimum absolute atomic E-state index is 0. The molecule has 3 N–H and O–H groups in total. The largest absolute Gasteiger partial charge is 0.355 e. The number of benzene rings is 2. The quantitative estimate of drug-likeness (QED) is 0.778. The van der Waals surface area contributed by atoms with E-state index in [9.17, 15) is 4.79 Å². The maximum absolute atomic E-state index is 12.8. The van der Waals surface area contributed by atoms with E-state index in [4.69, 9.17) is 0 Å². The molecule has 2 atom stereocenters. The predicted molar refractivity (Wildman–Crippen MR) is 104 cm³/mol. The second-order valence-corrected chi connectivity index (χ2v) is 6.82. The SMILES string of the molecule is Cl.O=C(NC1CC2CCC(C1)N2)c1ccccc1Nc1ccccc1. The van der Waals surface area contributed by atoms with Crippen LogP contribution in [0, 0.1) is 0 Å². The molecule has 5 heteroatoms. The topological polar surface area (TPSA) is 53.2 Å². The van der Waals surface area contributed by atoms with Crippen molar-refractivity contribution in [2.24, 2.45) is 0 Å². The summed E-state index contributed by atoms with van der Waals surface area (Å²) in [6, 6.07) is 19.1. The standard InChI is InChI=1S/C20H23N3O.ClH/c24-20(23-17-12-15-10-11-16(13-17)21-15)18-8-4-5-9-19(18)22-14-6-2-1-3-7-14;/h1-9,15-17,21-22H,10-13H2,(H,23,24);1H. The van der Waals surface area contributed by atoms with Crippen LogP contribution in [-0.2, 0) is 0 Å². The predicted octanol–water partition coefficient (Wildman–Crippen LogP) is 3.86. The Bertz CT molecular complexity index is 710. The van der Waals surface area contributed by atoms with Gasteiger partial charge in [-0.1, -0.05) is 30.3 Å². The van der Waals surface area contributed by atoms with Crippen molar-refractivity contribution in [3.8, 4) is 0 Å². The summed E-state index contributed by atoms with van der Waals surface area (Å²) in [5, 5.41) is 10.2. The number of rotatable bonds is 4. The number of carbonyl (C=O) groups is 1. The molecule has 2 aliphatic heterocycles. The molecule has 2 aliphatic rings. The van der Waals surface area contributed by atoms with E-state index in [0.29, 0.717) is 17.6 Å². The summed E-state index contributed by atoms with van der Waals surface area (Å²) >= 11 is 0. The average molecular weight is 358 g/mol. The van der Waals surface area contributed by atoms with Crippen molar-refractivity contribution in [2.75, 3.05) is 5.32 Å². The summed E-state index contributed by atoms with van der Waals surface area (Å²) in [5.41, 5.74) is 2.53. The Morgan fingerprint density at radius 2 is 1.56 bits per heavy atom. The molecule has 2 bridgehead atoms. The van der Waals surface area contributed by atoms with E-state index in [-0.39, 0.29) is 24.4 Å². The van der Waals surface area contributed by atoms with Gasteiger partial charge in [0.2, 0.25) is 0 Å². The molecule has 2 aromatic carbocycles. The summed E-state index contributed by atoms with van der Waals surface area (Å²) in [6.07, 6.45) is 4.55. The van der Waals surface area contributed by atoms with Gasteiger partial charge in [0, 0.05) is 23.8 Å². The number of para-hydroxylation sites is 2. The molecule has 0 aliphatic carbocycles. The molecule has 4 nitrogen and oxygen atoms in total. The molecular formula is C20H24ClN3O. The van der Waals surface area contributed by atoms with Crippen LogP contribution in [0.25, 0.3) is 0 Å². The first kappa shape index (κ1) is 17.8. The third-order valence-corrected chi connectivity index (χ3v) is 5.03. The van der Waals surface area contributed by atoms with E-state index in [1.165, 1.54) is 12.8 Å². The van der Waals surface area contributed by atoms with Crippen LogP contribution in [0.2, 0.25) is 0 Å². The third-order valence-electron chi connectivity index (χ3n) is 5.03. The van der Waals surface area contributed by atoms with Gasteiger partial charge in [0.15, 0.2) is 0 Å². The minimum Gasteiger partial charge on any atom is -0.355 e. The van der Waals surface area contributed by atoms with Gasteiger partial charge in [-0.05, 0) is 49.9 Å². The van der Waals surface area contributed by atoms with Crippen molar-refractivity contribution < 1.29 is 4.79 Å². The van der Waals surface area contributed by atoms with Crippen molar-refractivity contribution in [3.63, 3.8) is 0 Å². The molecule has 0 aromatic heterocycles. The van der Waals surface area contributed by atoms with Crippen LogP contribution in [0.15, 0.2) is 54.6 Å². The van der Waals surface area contributed by atoms with Crippen LogP contribution in [-0.4, -0.2) is 24.0 Å². The van der Waals surface area contributed by atoms with Gasteiger partial charge in [0.1, 0.15) is 0 Å². The van der Waals surface area contributed by atoms with E-state index in [2.05, 4.69) is 16.0 Å². The van der Waals surface area contributed by atoms with Gasteiger partial charge >= 0.3 is 0 Å². The first-order chi connectivity index (χ1) is 11.8. The molecule has 132 valence electrons. The summed E-state index contributed by atoms with van der Waals surface area (Å²) < 4.78 is 0. The van der Waals surface area contributed by atoms with Crippen molar-refractivity contribution in [1.29, 1.82) is 0 Å². The second kappa shape index (κ2) is 7.89. The number of amides is 1. The Labute approximate surface area is 154 Å². The summed E-state index contributed by atoms with van der Waals surface area (Å²) in [4.78, 5) is 12.8. The van der Waals surface area contributed by atoms with Gasteiger partial charge in [-0.15, -0.1) is 12.4 Å². The number of hydrogen-bond acceptors (Lipinski definition) is 3. The number of anilines is 2. The van der Waals surface area contributed by atoms with Crippen LogP contribution in [0.1, 0.15) is 36.0 Å². The monoisotopic (exact) mass is 357 g/mol. The highest BCUT2D eigenvalue weighted by Gasteiger charge is 2.34. The Kier molecular flexibility index (Phi) is 5.61. The number of piperidine rings is 1. The number of halogens is 1. The smallest absolute Gasteiger partial charge is 0.253 e. The van der Waals surface area contributed by atoms with Gasteiger partial charge in [0.05, 0.1) is 11.3 Å². The van der Waals surface area contributed by atoms with Crippen LogP contribution in [0.5, 0.6) is 0 Å². The first-order valence-electron chi connectivity index (χ1n) is 8.76. The lowest BCUT2D eigenvalue weighted by atomic mass is 9.99. The Hall–Kier alpha value is -2.04. The molecular weight excluding hydrogens is 334 g/mol. The Morgan fingerprint density at radius 3 is 2.28 bits per heavy atom. The zero-order chi connectivity index (χ0) is 16.4. The molecule has 25 heavy (non-hydrogen) atoms. The van der Waals surface area contributed by atoms with Gasteiger partial charge in [-0.2, -0.15) is 0 Å². The van der Waals surface area contributed by atoms with E-state index >= 15 is 0 Å². The van der Waals surface area contributed by atoms with E-state index in [1.807, 2.05) is 54.6 Å². The lowest BCUT2D eigenvalue weighted by Gasteiger charge is -2.30. The molecule has 0 saturated carbocycles. The zero-order valence-corrected chi connectivity index (χ0v) is 14.9. The van der Waals surface area contributed by atoms with Gasteiger partial charge in [0.25, 0.3) is 5.91 Å². The third kappa shape index (κ3) is 4.14. The summed E-state index contributed by atoms with van der Waals surface area (Å²) in [5.74, 6) is 0.0142. The first-order valence-corrected chi connectivity index (χ1v) is 8.76. The molecule has 2 aromatic rings. The number of hydrogen-bond donors (Lipinski definition) is 3. The Morgan fingerprint density at radius 1 is 0.920 bits per heavy atom. The summed E-state index contributed by atoms with van der Waals surface area (Å²) in [7, 11) is 0. The minimum atomic E-state index is 0. The van der Waals surface area contributed by atoms with Gasteiger partial charge in [-0.3, -0.25) is 4.79 Å². The maximum Gasteiger partial charge on any atom is 0.253 e.